The Balaban J connectivity index is 0.00000200. The molecule has 2 atom stereocenters. The molecule has 252 valence electrons. The van der Waals surface area contributed by atoms with Gasteiger partial charge in [-0.05, 0) is 75.5 Å². The number of fused-ring (bicyclic) bond motifs is 3. The van der Waals surface area contributed by atoms with Crippen molar-refractivity contribution in [1.29, 1.82) is 0 Å². The molecule has 4 N–H and O–H groups in total. The van der Waals surface area contributed by atoms with Crippen LogP contribution in [0.25, 0.3) is 11.2 Å². The average Bonchev–Trinajstić information content (AvgIpc) is 3.73. The Labute approximate surface area is 279 Å². The van der Waals surface area contributed by atoms with Gasteiger partial charge in [-0.3, -0.25) is 4.79 Å². The number of anilines is 2. The molecule has 0 spiro atoms. The summed E-state index contributed by atoms with van der Waals surface area (Å²) in [5.41, 5.74) is 6.78. The number of Topliss-reactive ketones (excluding diaryl/α,β-unsaturated/α-hetero) is 1. The van der Waals surface area contributed by atoms with Gasteiger partial charge >= 0.3 is 0 Å². The number of imidazole rings is 1. The highest BCUT2D eigenvalue weighted by atomic mass is 35.5. The van der Waals surface area contributed by atoms with E-state index in [0.29, 0.717) is 68.5 Å². The second-order valence-electron chi connectivity index (χ2n) is 14.7. The number of nitrogens with two attached hydrogens (primary N) is 1. The van der Waals surface area contributed by atoms with Crippen LogP contribution >= 0.6 is 24.8 Å². The summed E-state index contributed by atoms with van der Waals surface area (Å²) in [6.07, 6.45) is 14.2. The fraction of sp³-hybridized carbons (Fsp3) is 0.806. The van der Waals surface area contributed by atoms with E-state index in [2.05, 4.69) is 29.0 Å². The number of ketones is 1. The van der Waals surface area contributed by atoms with Crippen molar-refractivity contribution in [3.05, 3.63) is 6.33 Å². The molecule has 1 saturated heterocycles. The first-order valence-electron chi connectivity index (χ1n) is 16.6. The lowest BCUT2D eigenvalue weighted by atomic mass is 9.70. The van der Waals surface area contributed by atoms with Crippen LogP contribution < -0.4 is 16.4 Å². The van der Waals surface area contributed by atoms with E-state index >= 15 is 0 Å². The largest absolute Gasteiger partial charge is 0.365 e. The molecular formula is C31H50Cl2N8O3S. The normalized spacial score (nSPS) is 30.7. The topological polar surface area (TPSA) is 148 Å². The van der Waals surface area contributed by atoms with Crippen LogP contribution in [0.3, 0.4) is 0 Å². The first-order valence-corrected chi connectivity index (χ1v) is 18.2. The third-order valence-electron chi connectivity index (χ3n) is 12.0. The highest BCUT2D eigenvalue weighted by Gasteiger charge is 2.65. The number of nitrogens with one attached hydrogen (secondary N) is 2. The van der Waals surface area contributed by atoms with Gasteiger partial charge < -0.3 is 20.9 Å². The van der Waals surface area contributed by atoms with E-state index in [1.54, 1.807) is 4.31 Å². The van der Waals surface area contributed by atoms with Crippen LogP contribution in [-0.4, -0.2) is 75.0 Å². The number of rotatable bonds is 8. The van der Waals surface area contributed by atoms with Gasteiger partial charge in [0.25, 0.3) is 0 Å². The lowest BCUT2D eigenvalue weighted by molar-refractivity contribution is -0.128. The predicted molar refractivity (Wildman–Crippen MR) is 182 cm³/mol. The molecule has 0 aromatic carbocycles. The summed E-state index contributed by atoms with van der Waals surface area (Å²) in [6.45, 7) is 5.08. The van der Waals surface area contributed by atoms with Gasteiger partial charge in [-0.25, -0.2) is 17.7 Å². The minimum absolute atomic E-state index is 0. The van der Waals surface area contributed by atoms with E-state index in [-0.39, 0.29) is 53.8 Å². The smallest absolute Gasteiger partial charge is 0.227 e. The van der Waals surface area contributed by atoms with Crippen molar-refractivity contribution in [1.82, 2.24) is 23.8 Å². The van der Waals surface area contributed by atoms with E-state index in [9.17, 15) is 13.2 Å². The lowest BCUT2D eigenvalue weighted by Crippen LogP contribution is -2.49. The van der Waals surface area contributed by atoms with E-state index in [4.69, 9.17) is 20.7 Å². The van der Waals surface area contributed by atoms with Crippen LogP contribution in [0.5, 0.6) is 0 Å². The highest BCUT2D eigenvalue weighted by molar-refractivity contribution is 7.89. The lowest BCUT2D eigenvalue weighted by Gasteiger charge is -2.39. The monoisotopic (exact) mass is 684 g/mol. The Morgan fingerprint density at radius 3 is 2.22 bits per heavy atom. The predicted octanol–water partition coefficient (Wildman–Crippen LogP) is 5.07. The zero-order valence-electron chi connectivity index (χ0n) is 26.5. The molecule has 1 aliphatic heterocycles. The summed E-state index contributed by atoms with van der Waals surface area (Å²) in [7, 11) is -3.55. The number of hydrogen-bond acceptors (Lipinski definition) is 9. The van der Waals surface area contributed by atoms with Crippen molar-refractivity contribution in [2.24, 2.45) is 22.5 Å². The Hall–Kier alpha value is -1.73. The van der Waals surface area contributed by atoms with E-state index in [0.717, 1.165) is 56.1 Å². The third-order valence-corrected chi connectivity index (χ3v) is 14.0. The SMILES string of the molecule is CC1(C)C2CCC1(CS(=O)(=O)N1CCC(Nc3nc(NC4CCC(N)CC4)nc4c3ncn4C3CCCC3)CC1)C(=O)C2.Cl.Cl. The van der Waals surface area contributed by atoms with Crippen molar-refractivity contribution >= 4 is 63.6 Å². The van der Waals surface area contributed by atoms with Crippen molar-refractivity contribution in [3.8, 4) is 0 Å². The van der Waals surface area contributed by atoms with Crippen LogP contribution in [0.2, 0.25) is 0 Å². The molecular weight excluding hydrogens is 635 g/mol. The molecule has 2 aromatic rings. The number of piperidine rings is 1. The fourth-order valence-corrected chi connectivity index (χ4v) is 11.2. The zero-order valence-corrected chi connectivity index (χ0v) is 29.0. The second-order valence-corrected chi connectivity index (χ2v) is 16.6. The molecule has 2 unspecified atom stereocenters. The van der Waals surface area contributed by atoms with Gasteiger partial charge in [-0.15, -0.1) is 24.8 Å². The number of carbonyl (C=O) groups excluding carboxylic acids is 1. The number of carbonyl (C=O) groups is 1. The van der Waals surface area contributed by atoms with Crippen molar-refractivity contribution in [3.63, 3.8) is 0 Å². The van der Waals surface area contributed by atoms with Crippen LogP contribution in [0, 0.1) is 16.7 Å². The van der Waals surface area contributed by atoms with Gasteiger partial charge in [0, 0.05) is 49.1 Å². The standard InChI is InChI=1S/C31H48N8O3S.2ClH/c1-30(2)20-11-14-31(30,25(40)17-20)18-43(41,42)38-15-12-23(13-16-38)34-27-26-28(39(19-33-26)24-5-3-4-6-24)37-29(36-27)35-22-9-7-21(32)8-10-22;;/h19-24H,3-18,32H2,1-2H3,(H2,34,35,36,37);2*1H. The van der Waals surface area contributed by atoms with Crippen molar-refractivity contribution in [2.45, 2.75) is 121 Å². The molecule has 2 bridgehead atoms. The summed E-state index contributed by atoms with van der Waals surface area (Å²) < 4.78 is 31.2. The highest BCUT2D eigenvalue weighted by Crippen LogP contribution is 2.64. The number of nitrogens with zero attached hydrogens (tertiary/aromatic N) is 5. The van der Waals surface area contributed by atoms with E-state index < -0.39 is 15.4 Å². The van der Waals surface area contributed by atoms with Crippen LogP contribution in [0.1, 0.15) is 103 Å². The Kier molecular flexibility index (Phi) is 10.0. The number of aromatic nitrogens is 4. The summed E-state index contributed by atoms with van der Waals surface area (Å²) in [4.78, 5) is 27.7. The minimum atomic E-state index is -3.55. The quantitative estimate of drug-likeness (QED) is 0.347. The molecule has 11 nitrogen and oxygen atoms in total. The van der Waals surface area contributed by atoms with Crippen molar-refractivity contribution in [2.75, 3.05) is 29.5 Å². The maximum atomic E-state index is 13.7. The minimum Gasteiger partial charge on any atom is -0.365 e. The molecule has 45 heavy (non-hydrogen) atoms. The Bertz CT molecular complexity index is 1480. The molecule has 2 aromatic heterocycles. The fourth-order valence-electron chi connectivity index (χ4n) is 8.96. The number of sulfonamides is 1. The van der Waals surface area contributed by atoms with Crippen LogP contribution in [-0.2, 0) is 14.8 Å². The third kappa shape index (κ3) is 6.19. The molecule has 5 fully saturated rings. The van der Waals surface area contributed by atoms with Crippen LogP contribution in [0.15, 0.2) is 6.33 Å². The Morgan fingerprint density at radius 2 is 1.60 bits per heavy atom. The van der Waals surface area contributed by atoms with Gasteiger partial charge in [-0.2, -0.15) is 9.97 Å². The first-order chi connectivity index (χ1) is 20.6. The Morgan fingerprint density at radius 1 is 0.933 bits per heavy atom. The van der Waals surface area contributed by atoms with Gasteiger partial charge in [0.2, 0.25) is 16.0 Å². The van der Waals surface area contributed by atoms with Crippen LogP contribution in [0.4, 0.5) is 11.8 Å². The zero-order chi connectivity index (χ0) is 30.0. The van der Waals surface area contributed by atoms with Gasteiger partial charge in [0.1, 0.15) is 5.78 Å². The summed E-state index contributed by atoms with van der Waals surface area (Å²) in [5.74, 6) is 1.74. The summed E-state index contributed by atoms with van der Waals surface area (Å²) in [6, 6.07) is 1.05. The molecule has 4 aliphatic carbocycles. The molecule has 0 radical (unpaired) electrons. The summed E-state index contributed by atoms with van der Waals surface area (Å²) >= 11 is 0. The first kappa shape index (κ1) is 34.6. The van der Waals surface area contributed by atoms with Gasteiger partial charge in [0.05, 0.1) is 12.1 Å². The van der Waals surface area contributed by atoms with Gasteiger partial charge in [0.15, 0.2) is 17.0 Å². The van der Waals surface area contributed by atoms with Gasteiger partial charge in [-0.1, -0.05) is 26.7 Å². The maximum absolute atomic E-state index is 13.7. The molecule has 4 saturated carbocycles. The molecule has 7 rings (SSSR count). The average molecular weight is 686 g/mol. The molecule has 0 amide bonds. The maximum Gasteiger partial charge on any atom is 0.227 e. The van der Waals surface area contributed by atoms with Crippen molar-refractivity contribution < 1.29 is 13.2 Å². The second kappa shape index (κ2) is 13.1. The van der Waals surface area contributed by atoms with E-state index in [1.807, 2.05) is 6.33 Å². The molecule has 5 aliphatic rings. The molecule has 3 heterocycles. The van der Waals surface area contributed by atoms with E-state index in [1.165, 1.54) is 12.8 Å². The number of hydrogen-bond donors (Lipinski definition) is 3. The number of halogens is 2. The summed E-state index contributed by atoms with van der Waals surface area (Å²) in [5, 5.41) is 7.23. The molecule has 14 heteroatoms.